The fourth-order valence-electron chi connectivity index (χ4n) is 1.51. The first-order chi connectivity index (χ1) is 7.74. The van der Waals surface area contributed by atoms with Crippen molar-refractivity contribution >= 4 is 6.72 Å². The van der Waals surface area contributed by atoms with Crippen molar-refractivity contribution in [1.82, 2.24) is 5.01 Å². The van der Waals surface area contributed by atoms with Gasteiger partial charge in [-0.05, 0) is 26.0 Å². The predicted octanol–water partition coefficient (Wildman–Crippen LogP) is 3.47. The zero-order chi connectivity index (χ0) is 12.2. The molecule has 2 N–H and O–H groups in total. The molecule has 94 valence electrons. The molecule has 0 aliphatic carbocycles. The van der Waals surface area contributed by atoms with Gasteiger partial charge in [-0.2, -0.15) is 0 Å². The molecule has 0 aromatic heterocycles. The SMILES string of the molecule is C=N/C(=C\N(N)CCCC)CCCCCC. The minimum Gasteiger partial charge on any atom is -0.316 e. The number of unbranched alkanes of at least 4 members (excludes halogenated alkanes) is 4. The monoisotopic (exact) mass is 225 g/mol. The number of allylic oxidation sites excluding steroid dienone is 1. The number of nitrogens with zero attached hydrogens (tertiary/aromatic N) is 2. The number of rotatable bonds is 10. The van der Waals surface area contributed by atoms with Crippen LogP contribution in [-0.2, 0) is 0 Å². The molecule has 0 aliphatic rings. The minimum absolute atomic E-state index is 0.893. The van der Waals surface area contributed by atoms with Gasteiger partial charge in [0.15, 0.2) is 0 Å². The van der Waals surface area contributed by atoms with Crippen LogP contribution < -0.4 is 5.84 Å². The minimum atomic E-state index is 0.893. The third-order valence-corrected chi connectivity index (χ3v) is 2.57. The summed E-state index contributed by atoms with van der Waals surface area (Å²) in [6, 6.07) is 0. The Kier molecular flexibility index (Phi) is 10.1. The van der Waals surface area contributed by atoms with Crippen LogP contribution in [0.1, 0.15) is 58.8 Å². The Morgan fingerprint density at radius 1 is 1.19 bits per heavy atom. The van der Waals surface area contributed by atoms with Crippen LogP contribution in [0.3, 0.4) is 0 Å². The number of hydrazine groups is 1. The van der Waals surface area contributed by atoms with E-state index in [0.717, 1.165) is 31.5 Å². The zero-order valence-corrected chi connectivity index (χ0v) is 10.9. The summed E-state index contributed by atoms with van der Waals surface area (Å²) < 4.78 is 0. The second-order valence-electron chi connectivity index (χ2n) is 4.18. The number of hydrogen-bond acceptors (Lipinski definition) is 3. The molecule has 3 nitrogen and oxygen atoms in total. The molecule has 0 spiro atoms. The van der Waals surface area contributed by atoms with Crippen molar-refractivity contribution in [2.75, 3.05) is 6.54 Å². The largest absolute Gasteiger partial charge is 0.316 e. The van der Waals surface area contributed by atoms with Crippen LogP contribution in [0.15, 0.2) is 16.9 Å². The van der Waals surface area contributed by atoms with E-state index < -0.39 is 0 Å². The standard InChI is InChI=1S/C13H27N3/c1-4-6-8-9-10-13(15-3)12-16(14)11-7-5-2/h12H,3-11,14H2,1-2H3/b13-12-. The third kappa shape index (κ3) is 8.48. The van der Waals surface area contributed by atoms with Gasteiger partial charge in [-0.25, -0.2) is 5.84 Å². The zero-order valence-electron chi connectivity index (χ0n) is 10.9. The number of hydrogen-bond donors (Lipinski definition) is 1. The second kappa shape index (κ2) is 10.7. The highest BCUT2D eigenvalue weighted by molar-refractivity contribution is 5.28. The van der Waals surface area contributed by atoms with Crippen LogP contribution in [-0.4, -0.2) is 18.3 Å². The van der Waals surface area contributed by atoms with Crippen molar-refractivity contribution in [2.45, 2.75) is 58.8 Å². The Morgan fingerprint density at radius 3 is 2.44 bits per heavy atom. The molecule has 0 saturated heterocycles. The molecule has 0 unspecified atom stereocenters. The van der Waals surface area contributed by atoms with Crippen LogP contribution in [0, 0.1) is 0 Å². The molecule has 0 atom stereocenters. The van der Waals surface area contributed by atoms with Crippen LogP contribution in [0.4, 0.5) is 0 Å². The summed E-state index contributed by atoms with van der Waals surface area (Å²) in [5.74, 6) is 5.84. The Bertz CT molecular complexity index is 199. The van der Waals surface area contributed by atoms with Gasteiger partial charge >= 0.3 is 0 Å². The summed E-state index contributed by atoms with van der Waals surface area (Å²) in [4.78, 5) is 4.02. The normalized spacial score (nSPS) is 11.6. The molecular formula is C13H27N3. The highest BCUT2D eigenvalue weighted by Crippen LogP contribution is 2.11. The highest BCUT2D eigenvalue weighted by atomic mass is 15.4. The lowest BCUT2D eigenvalue weighted by atomic mass is 10.1. The van der Waals surface area contributed by atoms with Gasteiger partial charge in [-0.15, -0.1) is 0 Å². The van der Waals surface area contributed by atoms with E-state index in [1.807, 2.05) is 6.20 Å². The molecule has 0 heterocycles. The van der Waals surface area contributed by atoms with Gasteiger partial charge in [0, 0.05) is 12.7 Å². The van der Waals surface area contributed by atoms with E-state index in [1.165, 1.54) is 25.7 Å². The van der Waals surface area contributed by atoms with Gasteiger partial charge in [0.1, 0.15) is 0 Å². The molecule has 0 amide bonds. The molecule has 0 fully saturated rings. The van der Waals surface area contributed by atoms with E-state index in [-0.39, 0.29) is 0 Å². The van der Waals surface area contributed by atoms with E-state index in [0.29, 0.717) is 0 Å². The average Bonchev–Trinajstić information content (AvgIpc) is 2.30. The lowest BCUT2D eigenvalue weighted by Gasteiger charge is -2.14. The van der Waals surface area contributed by atoms with Crippen molar-refractivity contribution in [3.63, 3.8) is 0 Å². The van der Waals surface area contributed by atoms with E-state index >= 15 is 0 Å². The van der Waals surface area contributed by atoms with Gasteiger partial charge < -0.3 is 5.01 Å². The van der Waals surface area contributed by atoms with Crippen LogP contribution >= 0.6 is 0 Å². The van der Waals surface area contributed by atoms with Crippen LogP contribution in [0.25, 0.3) is 0 Å². The maximum absolute atomic E-state index is 5.84. The quantitative estimate of drug-likeness (QED) is 0.268. The molecule has 16 heavy (non-hydrogen) atoms. The Balaban J connectivity index is 3.85. The highest BCUT2D eigenvalue weighted by Gasteiger charge is 1.98. The van der Waals surface area contributed by atoms with Crippen molar-refractivity contribution in [1.29, 1.82) is 0 Å². The average molecular weight is 225 g/mol. The molecule has 0 radical (unpaired) electrons. The lowest BCUT2D eigenvalue weighted by Crippen LogP contribution is -2.26. The van der Waals surface area contributed by atoms with Gasteiger partial charge in [0.25, 0.3) is 0 Å². The smallest absolute Gasteiger partial charge is 0.0569 e. The van der Waals surface area contributed by atoms with Gasteiger partial charge in [0.05, 0.1) is 5.70 Å². The Morgan fingerprint density at radius 2 is 1.88 bits per heavy atom. The number of nitrogens with two attached hydrogens (primary N) is 1. The van der Waals surface area contributed by atoms with Crippen molar-refractivity contribution in [3.05, 3.63) is 11.9 Å². The predicted molar refractivity (Wildman–Crippen MR) is 72.2 cm³/mol. The Hall–Kier alpha value is -0.830. The molecule has 0 aromatic carbocycles. The maximum Gasteiger partial charge on any atom is 0.0569 e. The van der Waals surface area contributed by atoms with Crippen LogP contribution in [0.5, 0.6) is 0 Å². The molecule has 3 heteroatoms. The fraction of sp³-hybridized carbons (Fsp3) is 0.769. The van der Waals surface area contributed by atoms with Gasteiger partial charge in [-0.3, -0.25) is 4.99 Å². The molecule has 0 saturated carbocycles. The fourth-order valence-corrected chi connectivity index (χ4v) is 1.51. The summed E-state index contributed by atoms with van der Waals surface area (Å²) in [6.45, 7) is 8.86. The molecule has 0 rings (SSSR count). The second-order valence-corrected chi connectivity index (χ2v) is 4.18. The molecular weight excluding hydrogens is 198 g/mol. The topological polar surface area (TPSA) is 41.6 Å². The summed E-state index contributed by atoms with van der Waals surface area (Å²) in [5.41, 5.74) is 1.01. The first-order valence-electron chi connectivity index (χ1n) is 6.43. The van der Waals surface area contributed by atoms with Gasteiger partial charge in [0.2, 0.25) is 0 Å². The number of aliphatic imine (C=N–C) groups is 1. The van der Waals surface area contributed by atoms with E-state index in [2.05, 4.69) is 25.6 Å². The summed E-state index contributed by atoms with van der Waals surface area (Å²) in [6.07, 6.45) is 10.2. The molecule has 0 aromatic rings. The van der Waals surface area contributed by atoms with Gasteiger partial charge in [-0.1, -0.05) is 39.5 Å². The summed E-state index contributed by atoms with van der Waals surface area (Å²) >= 11 is 0. The first-order valence-corrected chi connectivity index (χ1v) is 6.43. The van der Waals surface area contributed by atoms with Crippen molar-refractivity contribution in [2.24, 2.45) is 10.8 Å². The first kappa shape index (κ1) is 15.2. The molecule has 0 aliphatic heterocycles. The summed E-state index contributed by atoms with van der Waals surface area (Å²) in [7, 11) is 0. The molecule has 0 bridgehead atoms. The van der Waals surface area contributed by atoms with E-state index in [1.54, 1.807) is 5.01 Å². The third-order valence-electron chi connectivity index (χ3n) is 2.57. The van der Waals surface area contributed by atoms with Crippen molar-refractivity contribution < 1.29 is 0 Å². The maximum atomic E-state index is 5.84. The van der Waals surface area contributed by atoms with Crippen LogP contribution in [0.2, 0.25) is 0 Å². The van der Waals surface area contributed by atoms with E-state index in [9.17, 15) is 0 Å². The summed E-state index contributed by atoms with van der Waals surface area (Å²) in [5, 5.41) is 1.73. The lowest BCUT2D eigenvalue weighted by molar-refractivity contribution is 0.379. The Labute approximate surface area is 100 Å². The van der Waals surface area contributed by atoms with E-state index in [4.69, 9.17) is 5.84 Å². The van der Waals surface area contributed by atoms with Crippen molar-refractivity contribution in [3.8, 4) is 0 Å².